The summed E-state index contributed by atoms with van der Waals surface area (Å²) >= 11 is 0. The molecule has 0 saturated carbocycles. The number of rotatable bonds is 3. The summed E-state index contributed by atoms with van der Waals surface area (Å²) in [6, 6.07) is 7.52. The largest absolute Gasteiger partial charge is 0.416 e. The summed E-state index contributed by atoms with van der Waals surface area (Å²) in [5, 5.41) is 14.4. The number of aliphatic hydroxyl groups excluding tert-OH is 1. The minimum atomic E-state index is -4.50. The van der Waals surface area contributed by atoms with Crippen LogP contribution < -0.4 is 5.56 Å². The van der Waals surface area contributed by atoms with Gasteiger partial charge in [0, 0.05) is 6.20 Å². The average molecular weight is 335 g/mol. The first-order chi connectivity index (χ1) is 11.4. The molecule has 3 rings (SSSR count). The Morgan fingerprint density at radius 3 is 2.75 bits per heavy atom. The van der Waals surface area contributed by atoms with E-state index in [2.05, 4.69) is 10.1 Å². The topological polar surface area (TPSA) is 68.0 Å². The number of hydrogen-bond donors (Lipinski definition) is 1. The smallest absolute Gasteiger partial charge is 0.386 e. The first-order valence-electron chi connectivity index (χ1n) is 7.02. The third kappa shape index (κ3) is 3.13. The molecule has 2 heterocycles. The van der Waals surface area contributed by atoms with Crippen LogP contribution in [0, 0.1) is 0 Å². The molecule has 1 aromatic carbocycles. The van der Waals surface area contributed by atoms with Crippen molar-refractivity contribution in [3.05, 3.63) is 70.3 Å². The highest BCUT2D eigenvalue weighted by Gasteiger charge is 2.30. The summed E-state index contributed by atoms with van der Waals surface area (Å²) in [4.78, 5) is 16.3. The predicted octanol–water partition coefficient (Wildman–Crippen LogP) is 2.54. The van der Waals surface area contributed by atoms with Gasteiger partial charge in [-0.1, -0.05) is 12.1 Å². The lowest BCUT2D eigenvalue weighted by Gasteiger charge is -2.14. The van der Waals surface area contributed by atoms with E-state index < -0.39 is 23.4 Å². The van der Waals surface area contributed by atoms with Crippen LogP contribution >= 0.6 is 0 Å². The molecular formula is C16H12F3N3O2. The monoisotopic (exact) mass is 335 g/mol. The third-order valence-electron chi connectivity index (χ3n) is 3.57. The normalized spacial score (nSPS) is 13.2. The zero-order valence-corrected chi connectivity index (χ0v) is 12.2. The van der Waals surface area contributed by atoms with Gasteiger partial charge in [-0.2, -0.15) is 18.3 Å². The van der Waals surface area contributed by atoms with Gasteiger partial charge in [0.2, 0.25) is 0 Å². The van der Waals surface area contributed by atoms with Crippen molar-refractivity contribution in [3.63, 3.8) is 0 Å². The number of alkyl halides is 3. The summed E-state index contributed by atoms with van der Waals surface area (Å²) in [6.07, 6.45) is -2.91. The zero-order chi connectivity index (χ0) is 17.3. The first-order valence-corrected chi connectivity index (χ1v) is 7.02. The van der Waals surface area contributed by atoms with E-state index in [1.165, 1.54) is 24.5 Å². The highest BCUT2D eigenvalue weighted by Crippen LogP contribution is 2.30. The fourth-order valence-corrected chi connectivity index (χ4v) is 2.34. The molecule has 0 amide bonds. The molecule has 5 nitrogen and oxygen atoms in total. The molecule has 1 atom stereocenters. The molecule has 0 aliphatic carbocycles. The number of benzene rings is 1. The Morgan fingerprint density at radius 2 is 2.00 bits per heavy atom. The Morgan fingerprint density at radius 1 is 1.21 bits per heavy atom. The van der Waals surface area contributed by atoms with Crippen molar-refractivity contribution >= 4 is 10.9 Å². The molecule has 0 fully saturated rings. The fraction of sp³-hybridized carbons (Fsp3) is 0.188. The van der Waals surface area contributed by atoms with Crippen molar-refractivity contribution in [2.75, 3.05) is 0 Å². The molecule has 24 heavy (non-hydrogen) atoms. The number of aromatic nitrogens is 3. The van der Waals surface area contributed by atoms with Gasteiger partial charge in [-0.15, -0.1) is 0 Å². The first kappa shape index (κ1) is 16.1. The van der Waals surface area contributed by atoms with E-state index in [0.29, 0.717) is 10.9 Å². The minimum absolute atomic E-state index is 0.0600. The van der Waals surface area contributed by atoms with E-state index in [0.717, 1.165) is 16.8 Å². The van der Waals surface area contributed by atoms with Gasteiger partial charge in [0.25, 0.3) is 5.56 Å². The summed E-state index contributed by atoms with van der Waals surface area (Å²) in [7, 11) is 0. The molecule has 1 N–H and O–H groups in total. The quantitative estimate of drug-likeness (QED) is 0.799. The highest BCUT2D eigenvalue weighted by molar-refractivity contribution is 5.75. The van der Waals surface area contributed by atoms with Crippen molar-refractivity contribution in [1.82, 2.24) is 14.8 Å². The van der Waals surface area contributed by atoms with Crippen molar-refractivity contribution in [2.45, 2.75) is 18.8 Å². The van der Waals surface area contributed by atoms with Crippen molar-refractivity contribution in [3.8, 4) is 0 Å². The standard InChI is InChI=1S/C16H12F3N3O2/c17-16(18,19)11-4-1-3-10(7-11)14(23)9-22-15(24)12-5-2-6-20-13(12)8-21-22/h1-8,14,23H,9H2. The van der Waals surface area contributed by atoms with Crippen LogP contribution in [0.2, 0.25) is 0 Å². The Bertz CT molecular complexity index is 937. The maximum Gasteiger partial charge on any atom is 0.416 e. The van der Waals surface area contributed by atoms with Crippen LogP contribution in [0.5, 0.6) is 0 Å². The van der Waals surface area contributed by atoms with Crippen LogP contribution in [0.4, 0.5) is 13.2 Å². The van der Waals surface area contributed by atoms with Crippen molar-refractivity contribution in [2.24, 2.45) is 0 Å². The van der Waals surface area contributed by atoms with E-state index in [1.54, 1.807) is 12.1 Å². The van der Waals surface area contributed by atoms with Gasteiger partial charge in [-0.3, -0.25) is 9.78 Å². The average Bonchev–Trinajstić information content (AvgIpc) is 2.57. The van der Waals surface area contributed by atoms with Crippen LogP contribution in [0.15, 0.2) is 53.6 Å². The minimum Gasteiger partial charge on any atom is -0.386 e. The summed E-state index contributed by atoms with van der Waals surface area (Å²) in [5.41, 5.74) is -0.856. The van der Waals surface area contributed by atoms with Crippen LogP contribution in [-0.4, -0.2) is 19.9 Å². The van der Waals surface area contributed by atoms with E-state index in [-0.39, 0.29) is 12.1 Å². The Labute approximate surface area is 134 Å². The summed E-state index contributed by atoms with van der Waals surface area (Å²) in [6.45, 7) is -0.259. The molecular weight excluding hydrogens is 323 g/mol. The van der Waals surface area contributed by atoms with Crippen molar-refractivity contribution in [1.29, 1.82) is 0 Å². The Balaban J connectivity index is 1.92. The number of pyridine rings is 1. The lowest BCUT2D eigenvalue weighted by molar-refractivity contribution is -0.137. The number of fused-ring (bicyclic) bond motifs is 1. The maximum atomic E-state index is 12.7. The van der Waals surface area contributed by atoms with Crippen LogP contribution in [0.25, 0.3) is 10.9 Å². The lowest BCUT2D eigenvalue weighted by Crippen LogP contribution is -2.26. The third-order valence-corrected chi connectivity index (χ3v) is 3.57. The van der Waals surface area contributed by atoms with E-state index in [4.69, 9.17) is 0 Å². The lowest BCUT2D eigenvalue weighted by atomic mass is 10.1. The van der Waals surface area contributed by atoms with Gasteiger partial charge in [0.05, 0.1) is 35.3 Å². The van der Waals surface area contributed by atoms with Gasteiger partial charge >= 0.3 is 6.18 Å². The predicted molar refractivity (Wildman–Crippen MR) is 80.2 cm³/mol. The molecule has 3 aromatic rings. The molecule has 0 saturated heterocycles. The van der Waals surface area contributed by atoms with Crippen molar-refractivity contribution < 1.29 is 18.3 Å². The summed E-state index contributed by atoms with van der Waals surface area (Å²) in [5.74, 6) is 0. The number of hydrogen-bond acceptors (Lipinski definition) is 4. The van der Waals surface area contributed by atoms with Crippen LogP contribution in [0.1, 0.15) is 17.2 Å². The molecule has 2 aromatic heterocycles. The number of halogens is 3. The molecule has 0 bridgehead atoms. The van der Waals surface area contributed by atoms with Crippen LogP contribution in [-0.2, 0) is 12.7 Å². The number of aliphatic hydroxyl groups is 1. The Kier molecular flexibility index (Phi) is 4.06. The number of nitrogens with zero attached hydrogens (tertiary/aromatic N) is 3. The van der Waals surface area contributed by atoms with Gasteiger partial charge in [0.1, 0.15) is 0 Å². The van der Waals surface area contributed by atoms with E-state index in [9.17, 15) is 23.1 Å². The van der Waals surface area contributed by atoms with Gasteiger partial charge in [-0.25, -0.2) is 4.68 Å². The van der Waals surface area contributed by atoms with E-state index >= 15 is 0 Å². The van der Waals surface area contributed by atoms with Gasteiger partial charge in [-0.05, 0) is 29.8 Å². The fourth-order valence-electron chi connectivity index (χ4n) is 2.34. The SMILES string of the molecule is O=c1c2cccnc2cnn1CC(O)c1cccc(C(F)(F)F)c1. The highest BCUT2D eigenvalue weighted by atomic mass is 19.4. The van der Waals surface area contributed by atoms with Gasteiger partial charge < -0.3 is 5.11 Å². The van der Waals surface area contributed by atoms with Crippen LogP contribution in [0.3, 0.4) is 0 Å². The summed E-state index contributed by atoms with van der Waals surface area (Å²) < 4.78 is 39.2. The second kappa shape index (κ2) is 6.04. The second-order valence-electron chi connectivity index (χ2n) is 5.21. The Hall–Kier alpha value is -2.74. The molecule has 0 spiro atoms. The molecule has 124 valence electrons. The zero-order valence-electron chi connectivity index (χ0n) is 12.2. The van der Waals surface area contributed by atoms with E-state index in [1.807, 2.05) is 0 Å². The molecule has 0 radical (unpaired) electrons. The molecule has 8 heteroatoms. The molecule has 0 aliphatic heterocycles. The van der Waals surface area contributed by atoms with Gasteiger partial charge in [0.15, 0.2) is 0 Å². The molecule has 0 aliphatic rings. The molecule has 1 unspecified atom stereocenters. The second-order valence-corrected chi connectivity index (χ2v) is 5.21. The maximum absolute atomic E-state index is 12.7.